The number of hydrogen-bond donors (Lipinski definition) is 1. The summed E-state index contributed by atoms with van der Waals surface area (Å²) in [4.78, 5) is 31.4. The van der Waals surface area contributed by atoms with Crippen LogP contribution >= 0.6 is 23.4 Å². The molecule has 0 saturated carbocycles. The molecule has 5 rings (SSSR count). The van der Waals surface area contributed by atoms with Gasteiger partial charge in [0.05, 0.1) is 10.6 Å². The molecule has 2 heterocycles. The van der Waals surface area contributed by atoms with Gasteiger partial charge >= 0.3 is 0 Å². The van der Waals surface area contributed by atoms with Crippen molar-refractivity contribution < 1.29 is 9.59 Å². The summed E-state index contributed by atoms with van der Waals surface area (Å²) in [5, 5.41) is 3.56. The largest absolute Gasteiger partial charge is 0.368 e. The molecule has 2 aliphatic rings. The monoisotopic (exact) mass is 475 g/mol. The summed E-state index contributed by atoms with van der Waals surface area (Å²) in [7, 11) is 0. The summed E-state index contributed by atoms with van der Waals surface area (Å²) < 4.78 is 0. The molecule has 1 N–H and O–H groups in total. The summed E-state index contributed by atoms with van der Waals surface area (Å²) in [5.74, 6) is -0.196. The lowest BCUT2D eigenvalue weighted by Gasteiger charge is -2.36. The second-order valence-electron chi connectivity index (χ2n) is 7.95. The molecule has 0 spiro atoms. The zero-order chi connectivity index (χ0) is 22.8. The maximum absolute atomic E-state index is 13.1. The molecule has 3 aromatic rings. The second kappa shape index (κ2) is 9.33. The third-order valence-corrected chi connectivity index (χ3v) is 7.09. The highest BCUT2D eigenvalue weighted by atomic mass is 35.5. The van der Waals surface area contributed by atoms with E-state index < -0.39 is 0 Å². The van der Waals surface area contributed by atoms with Crippen LogP contribution in [0.4, 0.5) is 11.4 Å². The second-order valence-corrected chi connectivity index (χ2v) is 9.47. The SMILES string of the molecule is O=C1Nc2cc(C(=O)N3CCN(c4ccccc4)CC3)ccc2SC1=Cc1cccc(Cl)c1. The predicted octanol–water partition coefficient (Wildman–Crippen LogP) is 5.39. The van der Waals surface area contributed by atoms with E-state index in [4.69, 9.17) is 11.6 Å². The standard InChI is InChI=1S/C26H22ClN3O2S/c27-20-6-4-5-18(15-20)16-24-25(31)28-22-17-19(9-10-23(22)33-24)26(32)30-13-11-29(12-14-30)21-7-2-1-3-8-21/h1-10,15-17H,11-14H2,(H,28,31). The van der Waals surface area contributed by atoms with Crippen molar-refractivity contribution in [1.29, 1.82) is 0 Å². The number of thioether (sulfide) groups is 1. The predicted molar refractivity (Wildman–Crippen MR) is 135 cm³/mol. The Morgan fingerprint density at radius 1 is 0.939 bits per heavy atom. The number of rotatable bonds is 3. The molecule has 166 valence electrons. The lowest BCUT2D eigenvalue weighted by Crippen LogP contribution is -2.48. The van der Waals surface area contributed by atoms with Gasteiger partial charge in [0, 0.05) is 47.3 Å². The van der Waals surface area contributed by atoms with Crippen molar-refractivity contribution in [2.75, 3.05) is 36.4 Å². The molecule has 0 unspecified atom stereocenters. The minimum absolute atomic E-state index is 0.00923. The number of para-hydroxylation sites is 1. The maximum Gasteiger partial charge on any atom is 0.262 e. The molecule has 33 heavy (non-hydrogen) atoms. The number of nitrogens with one attached hydrogen (secondary N) is 1. The van der Waals surface area contributed by atoms with E-state index in [0.29, 0.717) is 34.3 Å². The summed E-state index contributed by atoms with van der Waals surface area (Å²) >= 11 is 7.45. The van der Waals surface area contributed by atoms with Crippen molar-refractivity contribution in [1.82, 2.24) is 4.90 Å². The molecule has 0 aliphatic carbocycles. The van der Waals surface area contributed by atoms with Crippen LogP contribution in [-0.4, -0.2) is 42.9 Å². The Morgan fingerprint density at radius 3 is 2.48 bits per heavy atom. The first-order chi connectivity index (χ1) is 16.1. The fourth-order valence-corrected chi connectivity index (χ4v) is 5.16. The third kappa shape index (κ3) is 4.77. The quantitative estimate of drug-likeness (QED) is 0.516. The van der Waals surface area contributed by atoms with Gasteiger partial charge in [-0.05, 0) is 54.1 Å². The molecular weight excluding hydrogens is 454 g/mol. The van der Waals surface area contributed by atoms with Gasteiger partial charge in [-0.25, -0.2) is 0 Å². The van der Waals surface area contributed by atoms with Crippen molar-refractivity contribution in [3.63, 3.8) is 0 Å². The molecule has 0 aromatic heterocycles. The van der Waals surface area contributed by atoms with Gasteiger partial charge in [0.25, 0.3) is 11.8 Å². The zero-order valence-corrected chi connectivity index (χ0v) is 19.4. The van der Waals surface area contributed by atoms with E-state index >= 15 is 0 Å². The van der Waals surface area contributed by atoms with Crippen molar-refractivity contribution in [3.05, 3.63) is 93.9 Å². The Bertz CT molecular complexity index is 1240. The molecule has 0 radical (unpaired) electrons. The van der Waals surface area contributed by atoms with E-state index in [0.717, 1.165) is 23.5 Å². The topological polar surface area (TPSA) is 52.7 Å². The first-order valence-electron chi connectivity index (χ1n) is 10.8. The fourth-order valence-electron chi connectivity index (χ4n) is 4.03. The fraction of sp³-hybridized carbons (Fsp3) is 0.154. The van der Waals surface area contributed by atoms with E-state index in [9.17, 15) is 9.59 Å². The molecule has 2 amide bonds. The maximum atomic E-state index is 13.1. The molecule has 0 bridgehead atoms. The summed E-state index contributed by atoms with van der Waals surface area (Å²) in [5.41, 5.74) is 3.30. The highest BCUT2D eigenvalue weighted by Crippen LogP contribution is 2.39. The van der Waals surface area contributed by atoms with E-state index in [-0.39, 0.29) is 11.8 Å². The van der Waals surface area contributed by atoms with E-state index in [2.05, 4.69) is 22.3 Å². The number of carbonyl (C=O) groups is 2. The smallest absolute Gasteiger partial charge is 0.262 e. The number of anilines is 2. The lowest BCUT2D eigenvalue weighted by molar-refractivity contribution is -0.112. The molecule has 5 nitrogen and oxygen atoms in total. The van der Waals surface area contributed by atoms with Gasteiger partial charge in [-0.1, -0.05) is 53.7 Å². The number of benzene rings is 3. The molecule has 1 fully saturated rings. The minimum atomic E-state index is -0.187. The van der Waals surface area contributed by atoms with Gasteiger partial charge < -0.3 is 15.1 Å². The summed E-state index contributed by atoms with van der Waals surface area (Å²) in [6.07, 6.45) is 1.82. The number of hydrogen-bond acceptors (Lipinski definition) is 4. The van der Waals surface area contributed by atoms with Crippen LogP contribution in [0.15, 0.2) is 82.6 Å². The Balaban J connectivity index is 1.28. The van der Waals surface area contributed by atoms with Gasteiger partial charge in [0.15, 0.2) is 0 Å². The van der Waals surface area contributed by atoms with Gasteiger partial charge in [-0.3, -0.25) is 9.59 Å². The Hall–Kier alpha value is -3.22. The van der Waals surface area contributed by atoms with E-state index in [1.165, 1.54) is 17.4 Å². The first-order valence-corrected chi connectivity index (χ1v) is 12.0. The summed E-state index contributed by atoms with van der Waals surface area (Å²) in [6.45, 7) is 2.92. The average Bonchev–Trinajstić information content (AvgIpc) is 2.84. The van der Waals surface area contributed by atoms with E-state index in [1.807, 2.05) is 59.5 Å². The molecule has 2 aliphatic heterocycles. The van der Waals surface area contributed by atoms with Gasteiger partial charge in [-0.2, -0.15) is 0 Å². The van der Waals surface area contributed by atoms with Crippen molar-refractivity contribution >= 4 is 52.6 Å². The van der Waals surface area contributed by atoms with Gasteiger partial charge in [0.2, 0.25) is 0 Å². The third-order valence-electron chi connectivity index (χ3n) is 5.75. The molecule has 0 atom stereocenters. The normalized spacial score (nSPS) is 17.0. The van der Waals surface area contributed by atoms with Crippen molar-refractivity contribution in [2.45, 2.75) is 4.90 Å². The number of halogens is 1. The average molecular weight is 476 g/mol. The lowest BCUT2D eigenvalue weighted by atomic mass is 10.1. The number of piperazine rings is 1. The highest BCUT2D eigenvalue weighted by molar-refractivity contribution is 8.04. The van der Waals surface area contributed by atoms with Gasteiger partial charge in [0.1, 0.15) is 0 Å². The number of fused-ring (bicyclic) bond motifs is 1. The van der Waals surface area contributed by atoms with Crippen LogP contribution < -0.4 is 10.2 Å². The van der Waals surface area contributed by atoms with Crippen LogP contribution in [0.3, 0.4) is 0 Å². The zero-order valence-electron chi connectivity index (χ0n) is 17.8. The van der Waals surface area contributed by atoms with Crippen LogP contribution in [0, 0.1) is 0 Å². The molecule has 7 heteroatoms. The van der Waals surface area contributed by atoms with Gasteiger partial charge in [-0.15, -0.1) is 0 Å². The van der Waals surface area contributed by atoms with Crippen LogP contribution in [0.5, 0.6) is 0 Å². The Labute approximate surface area is 202 Å². The Morgan fingerprint density at radius 2 is 1.73 bits per heavy atom. The van der Waals surface area contributed by atoms with Crippen LogP contribution in [0.1, 0.15) is 15.9 Å². The molecule has 3 aromatic carbocycles. The summed E-state index contributed by atoms with van der Waals surface area (Å²) in [6, 6.07) is 23.1. The highest BCUT2D eigenvalue weighted by Gasteiger charge is 2.25. The number of amides is 2. The number of carbonyl (C=O) groups excluding carboxylic acids is 2. The van der Waals surface area contributed by atoms with Crippen LogP contribution in [0.25, 0.3) is 6.08 Å². The minimum Gasteiger partial charge on any atom is -0.368 e. The van der Waals surface area contributed by atoms with Crippen molar-refractivity contribution in [2.24, 2.45) is 0 Å². The first kappa shape index (κ1) is 21.6. The number of nitrogens with zero attached hydrogens (tertiary/aromatic N) is 2. The Kier molecular flexibility index (Phi) is 6.11. The van der Waals surface area contributed by atoms with Crippen LogP contribution in [-0.2, 0) is 4.79 Å². The van der Waals surface area contributed by atoms with Crippen molar-refractivity contribution in [3.8, 4) is 0 Å². The molecule has 1 saturated heterocycles. The van der Waals surface area contributed by atoms with Crippen LogP contribution in [0.2, 0.25) is 5.02 Å². The van der Waals surface area contributed by atoms with E-state index in [1.54, 1.807) is 12.1 Å². The molecular formula is C26H22ClN3O2S.